The Kier molecular flexibility index (Phi) is 4.39. The van der Waals surface area contributed by atoms with Gasteiger partial charge in [-0.2, -0.15) is 4.98 Å². The second-order valence-electron chi connectivity index (χ2n) is 9.41. The van der Waals surface area contributed by atoms with Crippen molar-refractivity contribution < 1.29 is 19.2 Å². The molecule has 8 nitrogen and oxygen atoms in total. The molecule has 5 rings (SSSR count). The molecule has 2 saturated carbocycles. The molecule has 2 atom stereocenters. The van der Waals surface area contributed by atoms with Crippen molar-refractivity contribution >= 4 is 11.9 Å². The molecule has 1 spiro atoms. The summed E-state index contributed by atoms with van der Waals surface area (Å²) in [6, 6.07) is -0.341. The summed E-state index contributed by atoms with van der Waals surface area (Å²) in [5.74, 6) is 2.08. The normalized spacial score (nSPS) is 32.9. The molecule has 154 valence electrons. The predicted molar refractivity (Wildman–Crippen MR) is 101 cm³/mol. The highest BCUT2D eigenvalue weighted by Crippen LogP contribution is 2.41. The fraction of sp³-hybridized carbons (Fsp3) is 0.850. The molecule has 3 heterocycles. The van der Waals surface area contributed by atoms with Gasteiger partial charge in [-0.3, -0.25) is 4.79 Å². The van der Waals surface area contributed by atoms with Gasteiger partial charge in [0.2, 0.25) is 11.8 Å². The number of nitrogens with one attached hydrogen (secondary N) is 1. The van der Waals surface area contributed by atoms with Gasteiger partial charge in [0.25, 0.3) is 5.95 Å². The first-order valence-electron chi connectivity index (χ1n) is 10.7. The van der Waals surface area contributed by atoms with E-state index < -0.39 is 5.60 Å². The van der Waals surface area contributed by atoms with Crippen LogP contribution in [0.4, 0.5) is 5.95 Å². The van der Waals surface area contributed by atoms with E-state index in [1.165, 1.54) is 6.42 Å². The first kappa shape index (κ1) is 18.4. The third-order valence-electron chi connectivity index (χ3n) is 7.09. The molecule has 2 N–H and O–H groups in total. The highest BCUT2D eigenvalue weighted by molar-refractivity contribution is 5.81. The monoisotopic (exact) mass is 390 g/mol. The number of anilines is 1. The second kappa shape index (κ2) is 6.69. The van der Waals surface area contributed by atoms with Gasteiger partial charge < -0.3 is 24.6 Å². The zero-order valence-corrected chi connectivity index (χ0v) is 16.5. The Balaban J connectivity index is 1.19. The topological polar surface area (TPSA) is 101 Å². The van der Waals surface area contributed by atoms with Crippen molar-refractivity contribution in [2.45, 2.75) is 81.5 Å². The van der Waals surface area contributed by atoms with Crippen LogP contribution in [-0.2, 0) is 9.53 Å². The summed E-state index contributed by atoms with van der Waals surface area (Å²) in [5.41, 5.74) is -1.31. The summed E-state index contributed by atoms with van der Waals surface area (Å²) in [6.07, 6.45) is 7.59. The Labute approximate surface area is 165 Å². The number of nitrogens with zero attached hydrogens (tertiary/aromatic N) is 3. The zero-order valence-electron chi connectivity index (χ0n) is 16.5. The average Bonchev–Trinajstić information content (AvgIpc) is 3.36. The number of amides is 1. The van der Waals surface area contributed by atoms with Crippen LogP contribution in [0.15, 0.2) is 4.52 Å². The second-order valence-corrected chi connectivity index (χ2v) is 9.41. The highest BCUT2D eigenvalue weighted by Gasteiger charge is 2.50. The van der Waals surface area contributed by atoms with Crippen LogP contribution in [0.3, 0.4) is 0 Å². The van der Waals surface area contributed by atoms with E-state index in [1.54, 1.807) is 0 Å². The first-order valence-corrected chi connectivity index (χ1v) is 10.7. The number of hydrogen-bond donors (Lipinski definition) is 2. The number of rotatable bonds is 4. The number of carbonyl (C=O) groups is 1. The van der Waals surface area contributed by atoms with E-state index in [1.807, 2.05) is 6.92 Å². The molecule has 4 aliphatic rings. The standard InChI is InChI=1S/C20H30N4O4/c1-19(26)12-20(27-11-15(19)21-16(25)13-5-6-13)7-9-24(10-8-20)18-22-17(28-23-18)14-3-2-4-14/h13-15,26H,2-12H2,1H3,(H,21,25)/t15-,19-/m0/s1. The van der Waals surface area contributed by atoms with E-state index >= 15 is 0 Å². The van der Waals surface area contributed by atoms with Crippen LogP contribution in [0.2, 0.25) is 0 Å². The van der Waals surface area contributed by atoms with Crippen LogP contribution in [0.5, 0.6) is 0 Å². The molecular weight excluding hydrogens is 360 g/mol. The van der Waals surface area contributed by atoms with E-state index in [0.29, 0.717) is 24.9 Å². The van der Waals surface area contributed by atoms with Crippen LogP contribution in [0, 0.1) is 5.92 Å². The van der Waals surface area contributed by atoms with Gasteiger partial charge >= 0.3 is 0 Å². The molecule has 2 saturated heterocycles. The molecule has 2 aliphatic heterocycles. The SMILES string of the molecule is C[C@]1(O)CC2(CCN(c3noc(C4CCC4)n3)CC2)OC[C@@H]1NC(=O)C1CC1. The number of hydrogen-bond acceptors (Lipinski definition) is 7. The molecule has 8 heteroatoms. The van der Waals surface area contributed by atoms with Gasteiger partial charge in [-0.1, -0.05) is 6.42 Å². The Morgan fingerprint density at radius 1 is 1.25 bits per heavy atom. The smallest absolute Gasteiger partial charge is 0.266 e. The van der Waals surface area contributed by atoms with Crippen molar-refractivity contribution in [3.63, 3.8) is 0 Å². The van der Waals surface area contributed by atoms with Gasteiger partial charge in [0.05, 0.1) is 23.9 Å². The Morgan fingerprint density at radius 3 is 2.61 bits per heavy atom. The third-order valence-corrected chi connectivity index (χ3v) is 7.09. The van der Waals surface area contributed by atoms with E-state index in [0.717, 1.165) is 57.5 Å². The van der Waals surface area contributed by atoms with Crippen molar-refractivity contribution in [1.82, 2.24) is 15.5 Å². The third kappa shape index (κ3) is 3.41. The molecule has 2 aliphatic carbocycles. The van der Waals surface area contributed by atoms with Crippen molar-refractivity contribution in [3.8, 4) is 0 Å². The fourth-order valence-electron chi connectivity index (χ4n) is 4.71. The van der Waals surface area contributed by atoms with Crippen LogP contribution in [0.1, 0.15) is 70.1 Å². The van der Waals surface area contributed by atoms with Crippen molar-refractivity contribution in [3.05, 3.63) is 5.89 Å². The van der Waals surface area contributed by atoms with E-state index in [9.17, 15) is 9.90 Å². The largest absolute Gasteiger partial charge is 0.388 e. The van der Waals surface area contributed by atoms with Gasteiger partial charge in [0, 0.05) is 31.3 Å². The summed E-state index contributed by atoms with van der Waals surface area (Å²) in [6.45, 7) is 3.74. The molecule has 1 aromatic heterocycles. The number of piperidine rings is 1. The zero-order chi connectivity index (χ0) is 19.4. The molecule has 1 aromatic rings. The first-order chi connectivity index (χ1) is 13.4. The minimum Gasteiger partial charge on any atom is -0.388 e. The van der Waals surface area contributed by atoms with Gasteiger partial charge in [-0.05, 0) is 50.6 Å². The van der Waals surface area contributed by atoms with E-state index in [-0.39, 0.29) is 23.5 Å². The molecule has 0 radical (unpaired) electrons. The average molecular weight is 390 g/mol. The molecular formula is C20H30N4O4. The maximum Gasteiger partial charge on any atom is 0.266 e. The molecule has 4 fully saturated rings. The maximum atomic E-state index is 12.1. The number of aromatic nitrogens is 2. The van der Waals surface area contributed by atoms with Crippen LogP contribution in [0.25, 0.3) is 0 Å². The van der Waals surface area contributed by atoms with Crippen molar-refractivity contribution in [2.75, 3.05) is 24.6 Å². The van der Waals surface area contributed by atoms with Crippen LogP contribution >= 0.6 is 0 Å². The number of aliphatic hydroxyl groups is 1. The summed E-state index contributed by atoms with van der Waals surface area (Å²) in [7, 11) is 0. The quantitative estimate of drug-likeness (QED) is 0.808. The lowest BCUT2D eigenvalue weighted by Gasteiger charge is -2.51. The molecule has 0 unspecified atom stereocenters. The summed E-state index contributed by atoms with van der Waals surface area (Å²) < 4.78 is 11.7. The molecule has 28 heavy (non-hydrogen) atoms. The molecule has 0 aromatic carbocycles. The van der Waals surface area contributed by atoms with Gasteiger partial charge in [0.15, 0.2) is 0 Å². The van der Waals surface area contributed by atoms with E-state index in [2.05, 4.69) is 20.4 Å². The van der Waals surface area contributed by atoms with Gasteiger partial charge in [-0.25, -0.2) is 0 Å². The lowest BCUT2D eigenvalue weighted by Crippen LogP contribution is -2.64. The van der Waals surface area contributed by atoms with Crippen LogP contribution in [-0.4, -0.2) is 58.1 Å². The minimum atomic E-state index is -0.964. The lowest BCUT2D eigenvalue weighted by molar-refractivity contribution is -0.181. The van der Waals surface area contributed by atoms with Crippen LogP contribution < -0.4 is 10.2 Å². The summed E-state index contributed by atoms with van der Waals surface area (Å²) >= 11 is 0. The van der Waals surface area contributed by atoms with Gasteiger partial charge in [0.1, 0.15) is 0 Å². The summed E-state index contributed by atoms with van der Waals surface area (Å²) in [5, 5.41) is 18.2. The highest BCUT2D eigenvalue weighted by atomic mass is 16.5. The lowest BCUT2D eigenvalue weighted by atomic mass is 9.75. The van der Waals surface area contributed by atoms with Crippen molar-refractivity contribution in [1.29, 1.82) is 0 Å². The van der Waals surface area contributed by atoms with E-state index in [4.69, 9.17) is 9.26 Å². The molecule has 1 amide bonds. The molecule has 0 bridgehead atoms. The maximum absolute atomic E-state index is 12.1. The minimum absolute atomic E-state index is 0.0546. The van der Waals surface area contributed by atoms with Gasteiger partial charge in [-0.15, -0.1) is 0 Å². The summed E-state index contributed by atoms with van der Waals surface area (Å²) in [4.78, 5) is 18.8. The number of carbonyl (C=O) groups excluding carboxylic acids is 1. The number of ether oxygens (including phenoxy) is 1. The fourth-order valence-corrected chi connectivity index (χ4v) is 4.71. The Morgan fingerprint density at radius 2 is 2.00 bits per heavy atom. The Hall–Kier alpha value is -1.67. The Bertz CT molecular complexity index is 732. The predicted octanol–water partition coefficient (Wildman–Crippen LogP) is 1.74. The van der Waals surface area contributed by atoms with Crippen molar-refractivity contribution in [2.24, 2.45) is 5.92 Å².